The van der Waals surface area contributed by atoms with E-state index in [1.165, 1.54) is 6.21 Å². The predicted molar refractivity (Wildman–Crippen MR) is 41.8 cm³/mol. The van der Waals surface area contributed by atoms with Gasteiger partial charge in [0.1, 0.15) is 6.67 Å². The van der Waals surface area contributed by atoms with Crippen molar-refractivity contribution in [3.8, 4) is 0 Å². The van der Waals surface area contributed by atoms with Crippen molar-refractivity contribution in [2.75, 3.05) is 13.2 Å². The van der Waals surface area contributed by atoms with Crippen LogP contribution in [0.2, 0.25) is 0 Å². The molecule has 0 spiro atoms. The maximum Gasteiger partial charge on any atom is 0.413 e. The molecule has 1 aliphatic rings. The zero-order valence-corrected chi connectivity index (χ0v) is 6.94. The summed E-state index contributed by atoms with van der Waals surface area (Å²) in [5, 5.41) is 1.01. The predicted octanol–water partition coefficient (Wildman–Crippen LogP) is -0.379. The van der Waals surface area contributed by atoms with Crippen LogP contribution in [0.1, 0.15) is 0 Å². The molecule has 7 heteroatoms. The first-order chi connectivity index (χ1) is 5.58. The lowest BCUT2D eigenvalue weighted by atomic mass is 10.5. The molecule has 0 radical (unpaired) electrons. The second kappa shape index (κ2) is 3.76. The lowest BCUT2D eigenvalue weighted by Crippen LogP contribution is -2.27. The first-order valence-corrected chi connectivity index (χ1v) is 4.51. The third-order valence-electron chi connectivity index (χ3n) is 1.08. The summed E-state index contributed by atoms with van der Waals surface area (Å²) in [4.78, 5) is 3.75. The molecule has 0 aliphatic carbocycles. The van der Waals surface area contributed by atoms with E-state index in [0.29, 0.717) is 0 Å². The van der Waals surface area contributed by atoms with Gasteiger partial charge in [0, 0.05) is 12.8 Å². The van der Waals surface area contributed by atoms with Crippen LogP contribution in [0.4, 0.5) is 0 Å². The fourth-order valence-corrected chi connectivity index (χ4v) is 1.06. The molecule has 1 heterocycles. The van der Waals surface area contributed by atoms with Crippen LogP contribution in [0.5, 0.6) is 0 Å². The van der Waals surface area contributed by atoms with Gasteiger partial charge in [-0.1, -0.05) is 6.08 Å². The van der Waals surface area contributed by atoms with Crippen molar-refractivity contribution in [2.24, 2.45) is 4.99 Å². The normalized spacial score (nSPS) is 19.4. The zero-order chi connectivity index (χ0) is 9.03. The standard InChI is InChI=1S/C5H8N2O4S/c8-12(9,10)11-7-4-2-1-3-6-5-7/h1-3H,4-5H2,(H,8,9,10). The third kappa shape index (κ3) is 3.58. The fourth-order valence-electron chi connectivity index (χ4n) is 0.683. The van der Waals surface area contributed by atoms with E-state index >= 15 is 0 Å². The van der Waals surface area contributed by atoms with Gasteiger partial charge in [0.25, 0.3) is 0 Å². The third-order valence-corrected chi connectivity index (χ3v) is 1.47. The molecule has 68 valence electrons. The lowest BCUT2D eigenvalue weighted by molar-refractivity contribution is -0.0469. The van der Waals surface area contributed by atoms with Gasteiger partial charge in [-0.2, -0.15) is 12.7 Å². The van der Waals surface area contributed by atoms with Crippen molar-refractivity contribution in [1.82, 2.24) is 5.06 Å². The topological polar surface area (TPSA) is 79.2 Å². The molecule has 0 unspecified atom stereocenters. The highest BCUT2D eigenvalue weighted by Crippen LogP contribution is 1.98. The van der Waals surface area contributed by atoms with E-state index < -0.39 is 10.4 Å². The van der Waals surface area contributed by atoms with Crippen molar-refractivity contribution in [1.29, 1.82) is 0 Å². The number of allylic oxidation sites excluding steroid dienone is 1. The van der Waals surface area contributed by atoms with Crippen molar-refractivity contribution < 1.29 is 17.3 Å². The summed E-state index contributed by atoms with van der Waals surface area (Å²) < 4.78 is 32.9. The Morgan fingerprint density at radius 1 is 1.58 bits per heavy atom. The summed E-state index contributed by atoms with van der Waals surface area (Å²) in [6.45, 7) is 0.340. The highest BCUT2D eigenvalue weighted by Gasteiger charge is 2.12. The Morgan fingerprint density at radius 3 is 3.00 bits per heavy atom. The Morgan fingerprint density at radius 2 is 2.33 bits per heavy atom. The molecule has 12 heavy (non-hydrogen) atoms. The van der Waals surface area contributed by atoms with Gasteiger partial charge in [0.15, 0.2) is 0 Å². The highest BCUT2D eigenvalue weighted by atomic mass is 32.3. The molecule has 1 aliphatic heterocycles. The van der Waals surface area contributed by atoms with Crippen LogP contribution in [-0.2, 0) is 14.7 Å². The molecule has 0 bridgehead atoms. The summed E-state index contributed by atoms with van der Waals surface area (Å²) in [6.07, 6.45) is 4.84. The Labute approximate surface area is 70.1 Å². The van der Waals surface area contributed by atoms with Gasteiger partial charge in [0.2, 0.25) is 0 Å². The van der Waals surface area contributed by atoms with Gasteiger partial charge >= 0.3 is 10.4 Å². The summed E-state index contributed by atoms with van der Waals surface area (Å²) >= 11 is 0. The van der Waals surface area contributed by atoms with E-state index in [2.05, 4.69) is 9.28 Å². The van der Waals surface area contributed by atoms with E-state index in [4.69, 9.17) is 4.55 Å². The number of hydrogen-bond acceptors (Lipinski definition) is 5. The molecule has 0 saturated carbocycles. The molecular formula is C5H8N2O4S. The van der Waals surface area contributed by atoms with Crippen LogP contribution in [0, 0.1) is 0 Å². The first-order valence-electron chi connectivity index (χ1n) is 3.15. The smallest absolute Gasteiger partial charge is 0.275 e. The van der Waals surface area contributed by atoms with Crippen molar-refractivity contribution in [3.05, 3.63) is 12.2 Å². The molecule has 1 rings (SSSR count). The molecule has 6 nitrogen and oxygen atoms in total. The highest BCUT2D eigenvalue weighted by molar-refractivity contribution is 7.80. The molecule has 0 aromatic carbocycles. The molecule has 0 saturated heterocycles. The Kier molecular flexibility index (Phi) is 2.93. The lowest BCUT2D eigenvalue weighted by Gasteiger charge is -2.12. The molecule has 0 aromatic heterocycles. The van der Waals surface area contributed by atoms with Crippen LogP contribution >= 0.6 is 0 Å². The minimum absolute atomic E-state index is 0.0762. The number of hydroxylamine groups is 2. The van der Waals surface area contributed by atoms with Gasteiger partial charge in [-0.3, -0.25) is 9.55 Å². The molecule has 0 aromatic rings. The Balaban J connectivity index is 2.54. The van der Waals surface area contributed by atoms with E-state index in [-0.39, 0.29) is 13.2 Å². The van der Waals surface area contributed by atoms with Crippen LogP contribution in [0.15, 0.2) is 17.1 Å². The van der Waals surface area contributed by atoms with Crippen molar-refractivity contribution in [2.45, 2.75) is 0 Å². The quantitative estimate of drug-likeness (QED) is 0.603. The molecule has 1 N–H and O–H groups in total. The zero-order valence-electron chi connectivity index (χ0n) is 6.12. The summed E-state index contributed by atoms with van der Waals surface area (Å²) in [7, 11) is -4.42. The van der Waals surface area contributed by atoms with Crippen LogP contribution in [0.25, 0.3) is 0 Å². The second-order valence-electron chi connectivity index (χ2n) is 2.07. The monoisotopic (exact) mass is 192 g/mol. The SMILES string of the molecule is O=S(=O)(O)ON1CC=CC=NC1. The van der Waals surface area contributed by atoms with Crippen molar-refractivity contribution in [3.63, 3.8) is 0 Å². The average Bonchev–Trinajstić information content (AvgIpc) is 2.12. The van der Waals surface area contributed by atoms with E-state index in [0.717, 1.165) is 5.06 Å². The summed E-state index contributed by atoms with van der Waals surface area (Å²) in [5.74, 6) is 0. The van der Waals surface area contributed by atoms with Gasteiger partial charge < -0.3 is 0 Å². The number of aliphatic imine (C=N–C) groups is 1. The van der Waals surface area contributed by atoms with Crippen molar-refractivity contribution >= 4 is 16.6 Å². The largest absolute Gasteiger partial charge is 0.413 e. The molecule has 0 atom stereocenters. The summed E-state index contributed by atoms with van der Waals surface area (Å²) in [5.41, 5.74) is 0. The number of hydrogen-bond donors (Lipinski definition) is 1. The maximum absolute atomic E-state index is 10.2. The fraction of sp³-hybridized carbons (Fsp3) is 0.400. The maximum atomic E-state index is 10.2. The number of nitrogens with zero attached hydrogens (tertiary/aromatic N) is 2. The number of rotatable bonds is 2. The minimum atomic E-state index is -4.42. The first kappa shape index (κ1) is 9.33. The second-order valence-corrected chi connectivity index (χ2v) is 3.07. The minimum Gasteiger partial charge on any atom is -0.275 e. The van der Waals surface area contributed by atoms with Crippen LogP contribution in [-0.4, -0.2) is 37.5 Å². The Hall–Kier alpha value is -0.760. The van der Waals surface area contributed by atoms with Gasteiger partial charge in [0.05, 0.1) is 0 Å². The van der Waals surface area contributed by atoms with E-state index in [1.807, 2.05) is 0 Å². The van der Waals surface area contributed by atoms with E-state index in [1.54, 1.807) is 12.2 Å². The van der Waals surface area contributed by atoms with Gasteiger partial charge in [-0.25, -0.2) is 0 Å². The Bertz CT molecular complexity index is 281. The molecular weight excluding hydrogens is 184 g/mol. The van der Waals surface area contributed by atoms with Gasteiger partial charge in [-0.15, -0.1) is 5.06 Å². The molecule has 0 amide bonds. The summed E-state index contributed by atoms with van der Waals surface area (Å²) in [6, 6.07) is 0. The average molecular weight is 192 g/mol. The van der Waals surface area contributed by atoms with Crippen LogP contribution < -0.4 is 0 Å². The van der Waals surface area contributed by atoms with Gasteiger partial charge in [-0.05, 0) is 6.08 Å². The van der Waals surface area contributed by atoms with E-state index in [9.17, 15) is 8.42 Å². The van der Waals surface area contributed by atoms with Crippen LogP contribution in [0.3, 0.4) is 0 Å². The molecule has 0 fully saturated rings.